The third-order valence-corrected chi connectivity index (χ3v) is 5.19. The SMILES string of the molecule is CC(C)C(CNC(=O)CCSc1ccccc1Cl)C(C)C. The minimum Gasteiger partial charge on any atom is -0.356 e. The first-order valence-corrected chi connectivity index (χ1v) is 8.92. The maximum atomic E-state index is 11.9. The third kappa shape index (κ3) is 6.75. The van der Waals surface area contributed by atoms with Crippen molar-refractivity contribution in [1.29, 1.82) is 0 Å². The summed E-state index contributed by atoms with van der Waals surface area (Å²) < 4.78 is 0. The lowest BCUT2D eigenvalue weighted by Crippen LogP contribution is -2.34. The minimum atomic E-state index is 0.126. The normalized spacial score (nSPS) is 11.4. The van der Waals surface area contributed by atoms with Gasteiger partial charge in [-0.15, -0.1) is 11.8 Å². The molecule has 0 aliphatic rings. The van der Waals surface area contributed by atoms with E-state index in [1.54, 1.807) is 11.8 Å². The van der Waals surface area contributed by atoms with E-state index in [1.807, 2.05) is 24.3 Å². The molecule has 0 unspecified atom stereocenters. The summed E-state index contributed by atoms with van der Waals surface area (Å²) in [5.41, 5.74) is 0. The van der Waals surface area contributed by atoms with Crippen LogP contribution in [0, 0.1) is 17.8 Å². The molecule has 0 aliphatic carbocycles. The van der Waals surface area contributed by atoms with Crippen molar-refractivity contribution in [1.82, 2.24) is 5.32 Å². The second kappa shape index (κ2) is 9.37. The predicted molar refractivity (Wildman–Crippen MR) is 93.0 cm³/mol. The van der Waals surface area contributed by atoms with Crippen LogP contribution in [0.15, 0.2) is 29.2 Å². The molecule has 0 atom stereocenters. The van der Waals surface area contributed by atoms with Gasteiger partial charge in [0.05, 0.1) is 5.02 Å². The zero-order chi connectivity index (χ0) is 15.8. The van der Waals surface area contributed by atoms with Crippen molar-refractivity contribution >= 4 is 29.3 Å². The van der Waals surface area contributed by atoms with Crippen LogP contribution in [-0.4, -0.2) is 18.2 Å². The van der Waals surface area contributed by atoms with E-state index in [0.29, 0.717) is 24.2 Å². The van der Waals surface area contributed by atoms with Gasteiger partial charge in [-0.05, 0) is 29.9 Å². The fourth-order valence-corrected chi connectivity index (χ4v) is 3.56. The molecule has 21 heavy (non-hydrogen) atoms. The smallest absolute Gasteiger partial charge is 0.220 e. The summed E-state index contributed by atoms with van der Waals surface area (Å²) in [7, 11) is 0. The number of benzene rings is 1. The van der Waals surface area contributed by atoms with Crippen molar-refractivity contribution in [2.45, 2.75) is 39.0 Å². The summed E-state index contributed by atoms with van der Waals surface area (Å²) in [6.07, 6.45) is 0.527. The molecule has 0 fully saturated rings. The molecule has 0 heterocycles. The van der Waals surface area contributed by atoms with Crippen molar-refractivity contribution in [2.24, 2.45) is 17.8 Å². The van der Waals surface area contributed by atoms with Gasteiger partial charge < -0.3 is 5.32 Å². The van der Waals surface area contributed by atoms with Gasteiger partial charge in [0, 0.05) is 23.6 Å². The molecule has 1 rings (SSSR count). The Kier molecular flexibility index (Phi) is 8.20. The molecule has 0 bridgehead atoms. The third-order valence-electron chi connectivity index (χ3n) is 3.67. The van der Waals surface area contributed by atoms with Crippen LogP contribution in [0.2, 0.25) is 5.02 Å². The molecule has 0 saturated carbocycles. The summed E-state index contributed by atoms with van der Waals surface area (Å²) in [6, 6.07) is 7.74. The van der Waals surface area contributed by atoms with E-state index in [1.165, 1.54) is 0 Å². The number of hydrogen-bond donors (Lipinski definition) is 1. The molecule has 0 saturated heterocycles. The van der Waals surface area contributed by atoms with Gasteiger partial charge in [0.2, 0.25) is 5.91 Å². The maximum Gasteiger partial charge on any atom is 0.220 e. The van der Waals surface area contributed by atoms with Crippen LogP contribution in [-0.2, 0) is 4.79 Å². The number of nitrogens with one attached hydrogen (secondary N) is 1. The van der Waals surface area contributed by atoms with Crippen molar-refractivity contribution in [2.75, 3.05) is 12.3 Å². The topological polar surface area (TPSA) is 29.1 Å². The van der Waals surface area contributed by atoms with Crippen molar-refractivity contribution in [3.8, 4) is 0 Å². The van der Waals surface area contributed by atoms with E-state index in [4.69, 9.17) is 11.6 Å². The number of rotatable bonds is 8. The molecule has 0 aromatic heterocycles. The predicted octanol–water partition coefficient (Wildman–Crippen LogP) is 4.87. The number of thioether (sulfide) groups is 1. The second-order valence-corrected chi connectivity index (χ2v) is 7.53. The average Bonchev–Trinajstić information content (AvgIpc) is 2.40. The van der Waals surface area contributed by atoms with Gasteiger partial charge in [0.15, 0.2) is 0 Å². The lowest BCUT2D eigenvalue weighted by Gasteiger charge is -2.25. The Morgan fingerprint density at radius 2 is 1.81 bits per heavy atom. The molecule has 0 radical (unpaired) electrons. The molecular formula is C17H26ClNOS. The highest BCUT2D eigenvalue weighted by Crippen LogP contribution is 2.26. The first-order chi connectivity index (χ1) is 9.91. The van der Waals surface area contributed by atoms with Crippen LogP contribution in [0.3, 0.4) is 0 Å². The molecule has 4 heteroatoms. The van der Waals surface area contributed by atoms with Crippen LogP contribution in [0.4, 0.5) is 0 Å². The Balaban J connectivity index is 2.30. The molecule has 118 valence electrons. The number of carbonyl (C=O) groups excluding carboxylic acids is 1. The van der Waals surface area contributed by atoms with Crippen molar-refractivity contribution < 1.29 is 4.79 Å². The van der Waals surface area contributed by atoms with Gasteiger partial charge in [-0.1, -0.05) is 51.4 Å². The summed E-state index contributed by atoms with van der Waals surface area (Å²) >= 11 is 7.72. The fraction of sp³-hybridized carbons (Fsp3) is 0.588. The first-order valence-electron chi connectivity index (χ1n) is 7.55. The van der Waals surface area contributed by atoms with Gasteiger partial charge >= 0.3 is 0 Å². The Hall–Kier alpha value is -0.670. The van der Waals surface area contributed by atoms with E-state index in [-0.39, 0.29) is 5.91 Å². The maximum absolute atomic E-state index is 11.9. The van der Waals surface area contributed by atoms with Gasteiger partial charge in [-0.2, -0.15) is 0 Å². The lowest BCUT2D eigenvalue weighted by molar-refractivity contribution is -0.121. The highest BCUT2D eigenvalue weighted by Gasteiger charge is 2.18. The van der Waals surface area contributed by atoms with Gasteiger partial charge in [0.1, 0.15) is 0 Å². The van der Waals surface area contributed by atoms with Gasteiger partial charge in [0.25, 0.3) is 0 Å². The molecule has 1 aromatic carbocycles. The van der Waals surface area contributed by atoms with E-state index >= 15 is 0 Å². The number of carbonyl (C=O) groups is 1. The molecule has 0 spiro atoms. The van der Waals surface area contributed by atoms with Gasteiger partial charge in [-0.3, -0.25) is 4.79 Å². The summed E-state index contributed by atoms with van der Waals surface area (Å²) in [6.45, 7) is 9.62. The van der Waals surface area contributed by atoms with E-state index in [0.717, 1.165) is 22.2 Å². The lowest BCUT2D eigenvalue weighted by atomic mass is 9.85. The number of hydrogen-bond acceptors (Lipinski definition) is 2. The van der Waals surface area contributed by atoms with Crippen molar-refractivity contribution in [3.05, 3.63) is 29.3 Å². The Bertz CT molecular complexity index is 440. The van der Waals surface area contributed by atoms with Gasteiger partial charge in [-0.25, -0.2) is 0 Å². The average molecular weight is 328 g/mol. The largest absolute Gasteiger partial charge is 0.356 e. The Morgan fingerprint density at radius 3 is 2.38 bits per heavy atom. The summed E-state index contributed by atoms with van der Waals surface area (Å²) in [4.78, 5) is 12.9. The zero-order valence-electron chi connectivity index (χ0n) is 13.4. The van der Waals surface area contributed by atoms with E-state index in [9.17, 15) is 4.79 Å². The van der Waals surface area contributed by atoms with E-state index in [2.05, 4.69) is 33.0 Å². The van der Waals surface area contributed by atoms with Crippen LogP contribution in [0.1, 0.15) is 34.1 Å². The Labute approximate surface area is 138 Å². The Morgan fingerprint density at radius 1 is 1.19 bits per heavy atom. The van der Waals surface area contributed by atoms with Crippen LogP contribution < -0.4 is 5.32 Å². The summed E-state index contributed by atoms with van der Waals surface area (Å²) in [5, 5.41) is 3.81. The molecule has 2 nitrogen and oxygen atoms in total. The van der Waals surface area contributed by atoms with Crippen molar-refractivity contribution in [3.63, 3.8) is 0 Å². The standard InChI is InChI=1S/C17H26ClNOS/c1-12(2)14(13(3)4)11-19-17(20)9-10-21-16-8-6-5-7-15(16)18/h5-8,12-14H,9-11H2,1-4H3,(H,19,20). The molecule has 1 amide bonds. The molecular weight excluding hydrogens is 302 g/mol. The molecule has 1 N–H and O–H groups in total. The fourth-order valence-electron chi connectivity index (χ4n) is 2.38. The quantitative estimate of drug-likeness (QED) is 0.690. The van der Waals surface area contributed by atoms with Crippen LogP contribution in [0.5, 0.6) is 0 Å². The van der Waals surface area contributed by atoms with Crippen LogP contribution >= 0.6 is 23.4 Å². The number of amides is 1. The summed E-state index contributed by atoms with van der Waals surface area (Å²) in [5.74, 6) is 2.58. The zero-order valence-corrected chi connectivity index (χ0v) is 14.9. The number of halogens is 1. The molecule has 1 aromatic rings. The van der Waals surface area contributed by atoms with E-state index < -0.39 is 0 Å². The second-order valence-electron chi connectivity index (χ2n) is 5.98. The highest BCUT2D eigenvalue weighted by molar-refractivity contribution is 7.99. The first kappa shape index (κ1) is 18.4. The van der Waals surface area contributed by atoms with Crippen LogP contribution in [0.25, 0.3) is 0 Å². The highest BCUT2D eigenvalue weighted by atomic mass is 35.5. The molecule has 0 aliphatic heterocycles. The monoisotopic (exact) mass is 327 g/mol. The minimum absolute atomic E-state index is 0.126.